The second-order valence-corrected chi connectivity index (χ2v) is 6.71. The number of hydrogen-bond donors (Lipinski definition) is 1. The van der Waals surface area contributed by atoms with Crippen molar-refractivity contribution in [3.05, 3.63) is 90.2 Å². The Labute approximate surface area is 160 Å². The average Bonchev–Trinajstić information content (AvgIpc) is 3.36. The summed E-state index contributed by atoms with van der Waals surface area (Å²) in [5, 5.41) is 5.65. The fourth-order valence-corrected chi connectivity index (χ4v) is 3.35. The Morgan fingerprint density at radius 3 is 2.41 bits per heavy atom. The Kier molecular flexibility index (Phi) is 4.98. The van der Waals surface area contributed by atoms with Gasteiger partial charge in [0.05, 0.1) is 12.1 Å². The van der Waals surface area contributed by atoms with Gasteiger partial charge in [-0.1, -0.05) is 18.2 Å². The molecule has 0 saturated carbocycles. The lowest BCUT2D eigenvalue weighted by molar-refractivity contribution is -0.115. The van der Waals surface area contributed by atoms with Gasteiger partial charge >= 0.3 is 0 Å². The number of thiazole rings is 1. The molecule has 2 aromatic heterocycles. The van der Waals surface area contributed by atoms with Crippen LogP contribution < -0.4 is 10.1 Å². The minimum atomic E-state index is -0.101. The summed E-state index contributed by atoms with van der Waals surface area (Å²) in [7, 11) is 0. The summed E-state index contributed by atoms with van der Waals surface area (Å²) in [4.78, 5) is 16.8. The number of carbonyl (C=O) groups is 1. The first-order chi connectivity index (χ1) is 13.3. The lowest BCUT2D eigenvalue weighted by atomic mass is 10.2. The van der Waals surface area contributed by atoms with Crippen LogP contribution in [-0.2, 0) is 11.2 Å². The summed E-state index contributed by atoms with van der Waals surface area (Å²) in [6, 6.07) is 20.8. The van der Waals surface area contributed by atoms with E-state index in [1.807, 2.05) is 89.1 Å². The van der Waals surface area contributed by atoms with Crippen LogP contribution in [0.4, 0.5) is 5.69 Å². The zero-order valence-electron chi connectivity index (χ0n) is 14.4. The summed E-state index contributed by atoms with van der Waals surface area (Å²) in [5.74, 6) is 1.39. The van der Waals surface area contributed by atoms with Crippen molar-refractivity contribution in [2.24, 2.45) is 0 Å². The third-order valence-electron chi connectivity index (χ3n) is 3.82. The molecule has 0 aliphatic rings. The molecule has 0 bridgehead atoms. The number of nitrogens with zero attached hydrogens (tertiary/aromatic N) is 2. The predicted octanol–water partition coefficient (Wildman–Crippen LogP) is 4.91. The second-order valence-electron chi connectivity index (χ2n) is 5.88. The number of aromatic nitrogens is 2. The van der Waals surface area contributed by atoms with Crippen molar-refractivity contribution < 1.29 is 9.53 Å². The standard InChI is InChI=1S/C21H17N3O2S/c25-20(14-17-15-27-21(23-17)24-12-4-5-13-24)22-16-8-10-19(11-9-16)26-18-6-2-1-3-7-18/h1-13,15H,14H2,(H,22,25). The molecule has 0 saturated heterocycles. The van der Waals surface area contributed by atoms with Crippen LogP contribution in [0.3, 0.4) is 0 Å². The Bertz CT molecular complexity index is 1010. The van der Waals surface area contributed by atoms with Crippen LogP contribution in [0.25, 0.3) is 5.13 Å². The molecule has 1 amide bonds. The molecule has 1 N–H and O–H groups in total. The SMILES string of the molecule is O=C(Cc1csc(-n2cccc2)n1)Nc1ccc(Oc2ccccc2)cc1. The van der Waals surface area contributed by atoms with Crippen molar-refractivity contribution in [2.45, 2.75) is 6.42 Å². The number of benzene rings is 2. The quantitative estimate of drug-likeness (QED) is 0.521. The van der Waals surface area contributed by atoms with Gasteiger partial charge in [-0.3, -0.25) is 4.79 Å². The van der Waals surface area contributed by atoms with Crippen molar-refractivity contribution >= 4 is 22.9 Å². The van der Waals surface area contributed by atoms with Gasteiger partial charge in [0.25, 0.3) is 0 Å². The molecule has 0 fully saturated rings. The van der Waals surface area contributed by atoms with E-state index in [2.05, 4.69) is 10.3 Å². The molecule has 4 rings (SSSR count). The lowest BCUT2D eigenvalue weighted by Gasteiger charge is -2.07. The molecule has 0 aliphatic heterocycles. The van der Waals surface area contributed by atoms with Crippen LogP contribution in [0.15, 0.2) is 84.5 Å². The molecule has 134 valence electrons. The summed E-state index contributed by atoms with van der Waals surface area (Å²) in [6.45, 7) is 0. The Hall–Kier alpha value is -3.38. The number of rotatable bonds is 6. The maximum Gasteiger partial charge on any atom is 0.230 e. The number of ether oxygens (including phenoxy) is 1. The van der Waals surface area contributed by atoms with Crippen molar-refractivity contribution in [1.29, 1.82) is 0 Å². The van der Waals surface area contributed by atoms with Crippen LogP contribution in [0.1, 0.15) is 5.69 Å². The Morgan fingerprint density at radius 1 is 0.963 bits per heavy atom. The first-order valence-corrected chi connectivity index (χ1v) is 9.35. The molecule has 0 atom stereocenters. The highest BCUT2D eigenvalue weighted by molar-refractivity contribution is 7.12. The van der Waals surface area contributed by atoms with Crippen molar-refractivity contribution in [1.82, 2.24) is 9.55 Å². The van der Waals surface area contributed by atoms with E-state index in [9.17, 15) is 4.79 Å². The fourth-order valence-electron chi connectivity index (χ4n) is 2.56. The zero-order valence-corrected chi connectivity index (χ0v) is 15.2. The van der Waals surface area contributed by atoms with Gasteiger partial charge < -0.3 is 14.6 Å². The maximum atomic E-state index is 12.3. The highest BCUT2D eigenvalue weighted by Gasteiger charge is 2.09. The number of hydrogen-bond acceptors (Lipinski definition) is 4. The highest BCUT2D eigenvalue weighted by atomic mass is 32.1. The zero-order chi connectivity index (χ0) is 18.5. The lowest BCUT2D eigenvalue weighted by Crippen LogP contribution is -2.14. The van der Waals surface area contributed by atoms with Gasteiger partial charge in [0.1, 0.15) is 11.5 Å². The number of amides is 1. The molecule has 0 radical (unpaired) electrons. The third kappa shape index (κ3) is 4.43. The normalized spacial score (nSPS) is 10.5. The van der Waals surface area contributed by atoms with E-state index < -0.39 is 0 Å². The summed E-state index contributed by atoms with van der Waals surface area (Å²) in [6.07, 6.45) is 4.10. The molecular weight excluding hydrogens is 358 g/mol. The van der Waals surface area contributed by atoms with E-state index in [4.69, 9.17) is 4.74 Å². The van der Waals surface area contributed by atoms with Gasteiger partial charge in [-0.25, -0.2) is 4.98 Å². The van der Waals surface area contributed by atoms with E-state index in [-0.39, 0.29) is 12.3 Å². The summed E-state index contributed by atoms with van der Waals surface area (Å²) in [5.41, 5.74) is 1.48. The average molecular weight is 375 g/mol. The van der Waals surface area contributed by atoms with E-state index in [0.29, 0.717) is 0 Å². The Balaban J connectivity index is 1.34. The van der Waals surface area contributed by atoms with Crippen LogP contribution >= 0.6 is 11.3 Å². The molecule has 4 aromatic rings. The topological polar surface area (TPSA) is 56.2 Å². The van der Waals surface area contributed by atoms with E-state index in [1.165, 1.54) is 11.3 Å². The number of carbonyl (C=O) groups excluding carboxylic acids is 1. The van der Waals surface area contributed by atoms with Crippen LogP contribution in [0.5, 0.6) is 11.5 Å². The molecular formula is C21H17N3O2S. The van der Waals surface area contributed by atoms with Crippen LogP contribution in [0.2, 0.25) is 0 Å². The van der Waals surface area contributed by atoms with Gasteiger partial charge in [0.15, 0.2) is 5.13 Å². The number of para-hydroxylation sites is 1. The van der Waals surface area contributed by atoms with Crippen LogP contribution in [-0.4, -0.2) is 15.5 Å². The number of nitrogens with one attached hydrogen (secondary N) is 1. The first-order valence-electron chi connectivity index (χ1n) is 8.47. The third-order valence-corrected chi connectivity index (χ3v) is 4.73. The smallest absolute Gasteiger partial charge is 0.230 e. The molecule has 2 heterocycles. The minimum absolute atomic E-state index is 0.101. The molecule has 2 aromatic carbocycles. The molecule has 0 aliphatic carbocycles. The molecule has 0 unspecified atom stereocenters. The molecule has 6 heteroatoms. The first kappa shape index (κ1) is 17.1. The maximum absolute atomic E-state index is 12.3. The summed E-state index contributed by atoms with van der Waals surface area (Å²) < 4.78 is 7.68. The number of anilines is 1. The van der Waals surface area contributed by atoms with Gasteiger partial charge in [0.2, 0.25) is 5.91 Å². The highest BCUT2D eigenvalue weighted by Crippen LogP contribution is 2.23. The fraction of sp³-hybridized carbons (Fsp3) is 0.0476. The largest absolute Gasteiger partial charge is 0.457 e. The van der Waals surface area contributed by atoms with E-state index in [0.717, 1.165) is 28.0 Å². The Morgan fingerprint density at radius 2 is 1.67 bits per heavy atom. The van der Waals surface area contributed by atoms with E-state index >= 15 is 0 Å². The van der Waals surface area contributed by atoms with Crippen LogP contribution in [0, 0.1) is 0 Å². The van der Waals surface area contributed by atoms with Gasteiger partial charge in [0, 0.05) is 23.5 Å². The second kappa shape index (κ2) is 7.88. The summed E-state index contributed by atoms with van der Waals surface area (Å²) >= 11 is 1.51. The predicted molar refractivity (Wildman–Crippen MR) is 107 cm³/mol. The molecule has 27 heavy (non-hydrogen) atoms. The molecule has 0 spiro atoms. The van der Waals surface area contributed by atoms with E-state index in [1.54, 1.807) is 0 Å². The molecule has 5 nitrogen and oxygen atoms in total. The van der Waals surface area contributed by atoms with Crippen molar-refractivity contribution in [3.63, 3.8) is 0 Å². The van der Waals surface area contributed by atoms with Crippen molar-refractivity contribution in [2.75, 3.05) is 5.32 Å². The van der Waals surface area contributed by atoms with Gasteiger partial charge in [-0.15, -0.1) is 11.3 Å². The monoisotopic (exact) mass is 375 g/mol. The van der Waals surface area contributed by atoms with Crippen molar-refractivity contribution in [3.8, 4) is 16.6 Å². The van der Waals surface area contributed by atoms with Gasteiger partial charge in [-0.2, -0.15) is 0 Å². The van der Waals surface area contributed by atoms with Gasteiger partial charge in [-0.05, 0) is 48.5 Å². The minimum Gasteiger partial charge on any atom is -0.457 e.